The second kappa shape index (κ2) is 7.88. The van der Waals surface area contributed by atoms with Gasteiger partial charge in [-0.15, -0.1) is 0 Å². The van der Waals surface area contributed by atoms with E-state index in [2.05, 4.69) is 17.3 Å². The first-order valence-electron chi connectivity index (χ1n) is 9.33. The van der Waals surface area contributed by atoms with E-state index in [1.807, 2.05) is 0 Å². The Morgan fingerprint density at radius 3 is 2.62 bits per heavy atom. The fourth-order valence-electron chi connectivity index (χ4n) is 3.84. The average molecular weight is 362 g/mol. The molecule has 142 valence electrons. The average Bonchev–Trinajstić information content (AvgIpc) is 3.09. The van der Waals surface area contributed by atoms with Gasteiger partial charge in [-0.3, -0.25) is 14.3 Å². The van der Waals surface area contributed by atoms with E-state index in [0.29, 0.717) is 25.3 Å². The summed E-state index contributed by atoms with van der Waals surface area (Å²) in [4.78, 5) is 37.3. The summed E-state index contributed by atoms with van der Waals surface area (Å²) in [7, 11) is 0. The molecule has 26 heavy (non-hydrogen) atoms. The lowest BCUT2D eigenvalue weighted by Crippen LogP contribution is -2.45. The molecule has 0 spiro atoms. The van der Waals surface area contributed by atoms with Crippen LogP contribution in [0.1, 0.15) is 55.2 Å². The molecule has 0 bridgehead atoms. The van der Waals surface area contributed by atoms with Crippen molar-refractivity contribution < 1.29 is 19.5 Å². The number of carboxylic acids is 1. The van der Waals surface area contributed by atoms with Gasteiger partial charge in [0.1, 0.15) is 0 Å². The predicted molar refractivity (Wildman–Crippen MR) is 93.4 cm³/mol. The second-order valence-corrected chi connectivity index (χ2v) is 7.21. The van der Waals surface area contributed by atoms with Crippen molar-refractivity contribution in [2.45, 2.75) is 52.1 Å². The summed E-state index contributed by atoms with van der Waals surface area (Å²) in [5.41, 5.74) is 0.691. The second-order valence-electron chi connectivity index (χ2n) is 7.21. The topological polar surface area (TPSA) is 105 Å². The molecule has 0 aromatic carbocycles. The van der Waals surface area contributed by atoms with Gasteiger partial charge in [-0.1, -0.05) is 13.3 Å². The van der Waals surface area contributed by atoms with E-state index in [1.165, 1.54) is 12.5 Å². The number of carbonyl (C=O) groups excluding carboxylic acids is 2. The number of aromatic nitrogens is 2. The number of nitrogens with zero attached hydrogens (tertiary/aromatic N) is 3. The molecule has 2 N–H and O–H groups in total. The van der Waals surface area contributed by atoms with Gasteiger partial charge in [-0.25, -0.2) is 4.79 Å². The molecule has 3 rings (SSSR count). The third-order valence-corrected chi connectivity index (χ3v) is 5.58. The van der Waals surface area contributed by atoms with E-state index in [1.54, 1.807) is 9.58 Å². The van der Waals surface area contributed by atoms with E-state index < -0.39 is 5.97 Å². The van der Waals surface area contributed by atoms with Crippen LogP contribution in [0.3, 0.4) is 0 Å². The number of hydrogen-bond acceptors (Lipinski definition) is 4. The number of amides is 2. The Hall–Kier alpha value is -2.38. The van der Waals surface area contributed by atoms with Crippen molar-refractivity contribution >= 4 is 17.8 Å². The van der Waals surface area contributed by atoms with Crippen LogP contribution in [0.25, 0.3) is 0 Å². The van der Waals surface area contributed by atoms with Gasteiger partial charge >= 0.3 is 5.97 Å². The summed E-state index contributed by atoms with van der Waals surface area (Å²) in [6.07, 6.45) is 5.15. The maximum absolute atomic E-state index is 12.4. The molecular weight excluding hydrogens is 336 g/mol. The van der Waals surface area contributed by atoms with Gasteiger partial charge < -0.3 is 15.3 Å². The van der Waals surface area contributed by atoms with Crippen LogP contribution in [0.2, 0.25) is 0 Å². The van der Waals surface area contributed by atoms with Crippen molar-refractivity contribution in [1.29, 1.82) is 0 Å². The molecular formula is C18H26N4O4. The zero-order valence-electron chi connectivity index (χ0n) is 15.1. The Morgan fingerprint density at radius 2 is 1.96 bits per heavy atom. The van der Waals surface area contributed by atoms with Crippen LogP contribution in [-0.4, -0.2) is 50.7 Å². The number of aromatic carboxylic acids is 1. The van der Waals surface area contributed by atoms with Gasteiger partial charge in [-0.05, 0) is 37.7 Å². The Balaban J connectivity index is 1.48. The standard InChI is InChI=1S/C18H26N4O4/c1-2-12-3-5-13(6-4-12)17(24)19-10-16(23)21-7-8-22-14(11-21)9-15(20-22)18(25)26/h9,12-13H,2-8,10-11H2,1H3,(H,19,24)(H,25,26). The highest BCUT2D eigenvalue weighted by Crippen LogP contribution is 2.30. The molecule has 0 saturated heterocycles. The SMILES string of the molecule is CCC1CCC(C(=O)NCC(=O)N2CCn3nc(C(=O)O)cc3C2)CC1. The molecule has 2 heterocycles. The van der Waals surface area contributed by atoms with Crippen LogP contribution in [0.4, 0.5) is 0 Å². The molecule has 8 nitrogen and oxygen atoms in total. The molecule has 1 aliphatic heterocycles. The van der Waals surface area contributed by atoms with Gasteiger partial charge in [-0.2, -0.15) is 5.10 Å². The zero-order chi connectivity index (χ0) is 18.7. The first-order chi connectivity index (χ1) is 12.5. The minimum absolute atomic E-state index is 0.00748. The minimum atomic E-state index is -1.07. The lowest BCUT2D eigenvalue weighted by molar-refractivity contribution is -0.135. The van der Waals surface area contributed by atoms with Gasteiger partial charge in [0.05, 0.1) is 25.3 Å². The minimum Gasteiger partial charge on any atom is -0.476 e. The third-order valence-electron chi connectivity index (χ3n) is 5.58. The summed E-state index contributed by atoms with van der Waals surface area (Å²) < 4.78 is 1.62. The van der Waals surface area contributed by atoms with Crippen molar-refractivity contribution in [1.82, 2.24) is 20.0 Å². The lowest BCUT2D eigenvalue weighted by atomic mass is 9.80. The fraction of sp³-hybridized carbons (Fsp3) is 0.667. The predicted octanol–water partition coefficient (Wildman–Crippen LogP) is 1.26. The summed E-state index contributed by atoms with van der Waals surface area (Å²) in [5.74, 6) is -0.496. The van der Waals surface area contributed by atoms with Crippen LogP contribution >= 0.6 is 0 Å². The Morgan fingerprint density at radius 1 is 1.23 bits per heavy atom. The maximum atomic E-state index is 12.4. The summed E-state index contributed by atoms with van der Waals surface area (Å²) in [6.45, 7) is 3.42. The van der Waals surface area contributed by atoms with Gasteiger partial charge in [0.2, 0.25) is 11.8 Å². The van der Waals surface area contributed by atoms with Crippen LogP contribution in [0.5, 0.6) is 0 Å². The molecule has 1 saturated carbocycles. The zero-order valence-corrected chi connectivity index (χ0v) is 15.1. The van der Waals surface area contributed by atoms with Crippen molar-refractivity contribution in [2.75, 3.05) is 13.1 Å². The number of hydrogen-bond donors (Lipinski definition) is 2. The van der Waals surface area contributed by atoms with E-state index >= 15 is 0 Å². The van der Waals surface area contributed by atoms with Gasteiger partial charge in [0.25, 0.3) is 0 Å². The molecule has 0 radical (unpaired) electrons. The number of nitrogens with one attached hydrogen (secondary N) is 1. The Bertz CT molecular complexity index is 691. The lowest BCUT2D eigenvalue weighted by Gasteiger charge is -2.29. The van der Waals surface area contributed by atoms with Crippen molar-refractivity contribution in [3.05, 3.63) is 17.5 Å². The van der Waals surface area contributed by atoms with Crippen molar-refractivity contribution in [3.63, 3.8) is 0 Å². The first-order valence-corrected chi connectivity index (χ1v) is 9.33. The summed E-state index contributed by atoms with van der Waals surface area (Å²) in [6, 6.07) is 1.49. The molecule has 8 heteroatoms. The van der Waals surface area contributed by atoms with Crippen LogP contribution in [0, 0.1) is 11.8 Å². The number of carbonyl (C=O) groups is 3. The highest BCUT2D eigenvalue weighted by molar-refractivity contribution is 5.86. The Kier molecular flexibility index (Phi) is 5.58. The molecule has 2 amide bonds. The van der Waals surface area contributed by atoms with Crippen molar-refractivity contribution in [3.8, 4) is 0 Å². The maximum Gasteiger partial charge on any atom is 0.356 e. The number of fused-ring (bicyclic) bond motifs is 1. The fourth-order valence-corrected chi connectivity index (χ4v) is 3.84. The molecule has 1 aromatic rings. The van der Waals surface area contributed by atoms with E-state index in [9.17, 15) is 14.4 Å². The Labute approximate surface area is 152 Å². The van der Waals surface area contributed by atoms with E-state index in [4.69, 9.17) is 5.11 Å². The van der Waals surface area contributed by atoms with E-state index in [0.717, 1.165) is 31.6 Å². The molecule has 2 aliphatic rings. The van der Waals surface area contributed by atoms with Crippen molar-refractivity contribution in [2.24, 2.45) is 11.8 Å². The normalized spacial score (nSPS) is 22.6. The first kappa shape index (κ1) is 18.4. The quantitative estimate of drug-likeness (QED) is 0.820. The molecule has 0 unspecified atom stereocenters. The van der Waals surface area contributed by atoms with Crippen LogP contribution in [0.15, 0.2) is 6.07 Å². The van der Waals surface area contributed by atoms with E-state index in [-0.39, 0.29) is 30.0 Å². The van der Waals surface area contributed by atoms with Gasteiger partial charge in [0.15, 0.2) is 5.69 Å². The highest BCUT2D eigenvalue weighted by atomic mass is 16.4. The smallest absolute Gasteiger partial charge is 0.356 e. The molecule has 1 fully saturated rings. The monoisotopic (exact) mass is 362 g/mol. The molecule has 0 atom stereocenters. The largest absolute Gasteiger partial charge is 0.476 e. The number of rotatable bonds is 5. The van der Waals surface area contributed by atoms with Gasteiger partial charge in [0, 0.05) is 12.5 Å². The molecule has 1 aliphatic carbocycles. The third kappa shape index (κ3) is 4.05. The number of carboxylic acid groups (broad SMARTS) is 1. The summed E-state index contributed by atoms with van der Waals surface area (Å²) in [5, 5.41) is 15.8. The van der Waals surface area contributed by atoms with Crippen LogP contribution in [-0.2, 0) is 22.7 Å². The van der Waals surface area contributed by atoms with Crippen LogP contribution < -0.4 is 5.32 Å². The summed E-state index contributed by atoms with van der Waals surface area (Å²) >= 11 is 0. The highest BCUT2D eigenvalue weighted by Gasteiger charge is 2.27. The molecule has 1 aromatic heterocycles.